The molecule has 29 heavy (non-hydrogen) atoms. The number of ether oxygens (including phenoxy) is 2. The summed E-state index contributed by atoms with van der Waals surface area (Å²) in [5.74, 6) is 0.587. The Morgan fingerprint density at radius 3 is 2.38 bits per heavy atom. The Bertz CT molecular complexity index is 941. The lowest BCUT2D eigenvalue weighted by atomic mass is 10.1. The van der Waals surface area contributed by atoms with Gasteiger partial charge in [-0.3, -0.25) is 14.9 Å². The van der Waals surface area contributed by atoms with E-state index >= 15 is 0 Å². The van der Waals surface area contributed by atoms with Gasteiger partial charge in [-0.05, 0) is 48.1 Å². The zero-order chi connectivity index (χ0) is 21.4. The van der Waals surface area contributed by atoms with Crippen LogP contribution in [0.15, 0.2) is 48.5 Å². The van der Waals surface area contributed by atoms with Crippen LogP contribution >= 0.6 is 12.2 Å². The van der Waals surface area contributed by atoms with Crippen molar-refractivity contribution in [2.75, 3.05) is 33.6 Å². The van der Waals surface area contributed by atoms with E-state index in [-0.39, 0.29) is 11.0 Å². The molecule has 0 aliphatic carbocycles. The first-order valence-corrected chi connectivity index (χ1v) is 9.09. The highest BCUT2D eigenvalue weighted by Crippen LogP contribution is 2.27. The number of hydrogen-bond donors (Lipinski definition) is 2. The summed E-state index contributed by atoms with van der Waals surface area (Å²) in [7, 11) is 6.43. The van der Waals surface area contributed by atoms with Crippen molar-refractivity contribution in [2.45, 2.75) is 0 Å². The van der Waals surface area contributed by atoms with E-state index in [1.54, 1.807) is 76.9 Å². The summed E-state index contributed by atoms with van der Waals surface area (Å²) < 4.78 is 10.4. The zero-order valence-electron chi connectivity index (χ0n) is 16.7. The molecule has 2 amide bonds. The normalized spacial score (nSPS) is 10.3. The number of nitrogens with one attached hydrogen (secondary N) is 2. The van der Waals surface area contributed by atoms with Crippen LogP contribution in [-0.4, -0.2) is 50.1 Å². The summed E-state index contributed by atoms with van der Waals surface area (Å²) in [5.41, 5.74) is 1.73. The van der Waals surface area contributed by atoms with Gasteiger partial charge in [0.1, 0.15) is 0 Å². The van der Waals surface area contributed by atoms with Gasteiger partial charge in [-0.15, -0.1) is 0 Å². The largest absolute Gasteiger partial charge is 0.493 e. The van der Waals surface area contributed by atoms with Gasteiger partial charge in [-0.1, -0.05) is 18.2 Å². The first-order valence-electron chi connectivity index (χ1n) is 8.68. The second-order valence-corrected chi connectivity index (χ2v) is 6.54. The molecule has 0 aromatic heterocycles. The molecule has 2 aromatic rings. The van der Waals surface area contributed by atoms with Gasteiger partial charge in [-0.25, -0.2) is 0 Å². The van der Waals surface area contributed by atoms with E-state index in [4.69, 9.17) is 21.7 Å². The van der Waals surface area contributed by atoms with E-state index in [0.29, 0.717) is 22.7 Å². The maximum Gasteiger partial charge on any atom is 0.255 e. The van der Waals surface area contributed by atoms with Crippen LogP contribution in [0.3, 0.4) is 0 Å². The number of carbonyl (C=O) groups excluding carboxylic acids is 2. The maximum absolute atomic E-state index is 12.3. The van der Waals surface area contributed by atoms with Crippen LogP contribution in [0.5, 0.6) is 11.5 Å². The number of para-hydroxylation sites is 1. The van der Waals surface area contributed by atoms with Crippen molar-refractivity contribution in [1.82, 2.24) is 10.2 Å². The number of hydrogen-bond acceptors (Lipinski definition) is 5. The Kier molecular flexibility index (Phi) is 7.73. The molecule has 0 bridgehead atoms. The first kappa shape index (κ1) is 21.9. The summed E-state index contributed by atoms with van der Waals surface area (Å²) in [6, 6.07) is 12.2. The van der Waals surface area contributed by atoms with Crippen molar-refractivity contribution >= 4 is 40.9 Å². The van der Waals surface area contributed by atoms with Gasteiger partial charge in [0.15, 0.2) is 16.6 Å². The topological polar surface area (TPSA) is 79.9 Å². The van der Waals surface area contributed by atoms with Gasteiger partial charge < -0.3 is 19.7 Å². The fourth-order valence-electron chi connectivity index (χ4n) is 2.46. The third-order valence-electron chi connectivity index (χ3n) is 3.88. The van der Waals surface area contributed by atoms with Crippen molar-refractivity contribution in [3.05, 3.63) is 59.7 Å². The molecule has 2 aromatic carbocycles. The molecular weight excluding hydrogens is 390 g/mol. The quantitative estimate of drug-likeness (QED) is 0.560. The minimum Gasteiger partial charge on any atom is -0.493 e. The number of benzene rings is 2. The highest BCUT2D eigenvalue weighted by molar-refractivity contribution is 7.80. The van der Waals surface area contributed by atoms with Gasteiger partial charge >= 0.3 is 0 Å². The number of rotatable bonds is 6. The zero-order valence-corrected chi connectivity index (χ0v) is 17.5. The van der Waals surface area contributed by atoms with Gasteiger partial charge in [0.05, 0.1) is 25.5 Å². The lowest BCUT2D eigenvalue weighted by Crippen LogP contribution is -2.33. The standard InChI is InChI=1S/C21H23N3O4S/c1-24(2)20(26)15-7-5-6-8-16(15)22-21(29)23-19(25)12-10-14-9-11-17(27-3)18(13-14)28-4/h5-13H,1-4H3,(H2,22,23,25,29)/b12-10+. The predicted molar refractivity (Wildman–Crippen MR) is 117 cm³/mol. The minimum atomic E-state index is -0.409. The number of carbonyl (C=O) groups is 2. The molecule has 0 atom stereocenters. The van der Waals surface area contributed by atoms with Gasteiger partial charge in [0.25, 0.3) is 5.91 Å². The summed E-state index contributed by atoms with van der Waals surface area (Å²) in [4.78, 5) is 25.9. The van der Waals surface area contributed by atoms with Gasteiger partial charge in [0.2, 0.25) is 5.91 Å². The van der Waals surface area contributed by atoms with Crippen LogP contribution in [0.25, 0.3) is 6.08 Å². The Morgan fingerprint density at radius 1 is 1.03 bits per heavy atom. The number of nitrogens with zero attached hydrogens (tertiary/aromatic N) is 1. The van der Waals surface area contributed by atoms with Crippen molar-refractivity contribution in [1.29, 1.82) is 0 Å². The average molecular weight is 413 g/mol. The second kappa shape index (κ2) is 10.2. The highest BCUT2D eigenvalue weighted by atomic mass is 32.1. The van der Waals surface area contributed by atoms with Crippen LogP contribution in [0, 0.1) is 0 Å². The molecule has 0 radical (unpaired) electrons. The molecule has 0 saturated heterocycles. The fraction of sp³-hybridized carbons (Fsp3) is 0.190. The van der Waals surface area contributed by atoms with E-state index in [0.717, 1.165) is 5.56 Å². The molecule has 0 aliphatic heterocycles. The monoisotopic (exact) mass is 413 g/mol. The third-order valence-corrected chi connectivity index (χ3v) is 4.09. The number of amides is 2. The SMILES string of the molecule is COc1ccc(/C=C/C(=O)NC(=S)Nc2ccccc2C(=O)N(C)C)cc1OC. The third kappa shape index (κ3) is 6.05. The molecule has 7 nitrogen and oxygen atoms in total. The van der Waals surface area contributed by atoms with Crippen LogP contribution in [0.4, 0.5) is 5.69 Å². The van der Waals surface area contributed by atoms with Gasteiger partial charge in [-0.2, -0.15) is 0 Å². The van der Waals surface area contributed by atoms with Gasteiger partial charge in [0, 0.05) is 20.2 Å². The molecule has 0 fully saturated rings. The Hall–Kier alpha value is -3.39. The summed E-state index contributed by atoms with van der Waals surface area (Å²) >= 11 is 5.19. The molecular formula is C21H23N3O4S. The Labute approximate surface area is 175 Å². The second-order valence-electron chi connectivity index (χ2n) is 6.14. The van der Waals surface area contributed by atoms with Crippen LogP contribution in [0.1, 0.15) is 15.9 Å². The van der Waals surface area contributed by atoms with Crippen molar-refractivity contribution < 1.29 is 19.1 Å². The summed E-state index contributed by atoms with van der Waals surface area (Å²) in [5, 5.41) is 5.54. The first-order chi connectivity index (χ1) is 13.8. The van der Waals surface area contributed by atoms with Crippen molar-refractivity contribution in [3.63, 3.8) is 0 Å². The van der Waals surface area contributed by atoms with Crippen LogP contribution in [0.2, 0.25) is 0 Å². The molecule has 0 unspecified atom stereocenters. The molecule has 152 valence electrons. The minimum absolute atomic E-state index is 0.0889. The lowest BCUT2D eigenvalue weighted by molar-refractivity contribution is -0.115. The number of thiocarbonyl (C=S) groups is 1. The van der Waals surface area contributed by atoms with E-state index < -0.39 is 5.91 Å². The molecule has 2 N–H and O–H groups in total. The smallest absolute Gasteiger partial charge is 0.255 e. The van der Waals surface area contributed by atoms with Crippen molar-refractivity contribution in [2.24, 2.45) is 0 Å². The molecule has 0 heterocycles. The highest BCUT2D eigenvalue weighted by Gasteiger charge is 2.14. The number of methoxy groups -OCH3 is 2. The maximum atomic E-state index is 12.3. The Balaban J connectivity index is 2.03. The average Bonchev–Trinajstić information content (AvgIpc) is 2.71. The molecule has 0 saturated carbocycles. The van der Waals surface area contributed by atoms with E-state index in [1.165, 1.54) is 11.0 Å². The van der Waals surface area contributed by atoms with Crippen LogP contribution < -0.4 is 20.1 Å². The summed E-state index contributed by atoms with van der Waals surface area (Å²) in [6.07, 6.45) is 2.98. The molecule has 0 aliphatic rings. The van der Waals surface area contributed by atoms with Crippen LogP contribution in [-0.2, 0) is 4.79 Å². The van der Waals surface area contributed by atoms with E-state index in [1.807, 2.05) is 0 Å². The summed E-state index contributed by atoms with van der Waals surface area (Å²) in [6.45, 7) is 0. The lowest BCUT2D eigenvalue weighted by Gasteiger charge is -2.15. The predicted octanol–water partition coefficient (Wildman–Crippen LogP) is 2.93. The van der Waals surface area contributed by atoms with E-state index in [2.05, 4.69) is 10.6 Å². The fourth-order valence-corrected chi connectivity index (χ4v) is 2.67. The Morgan fingerprint density at radius 2 is 1.72 bits per heavy atom. The van der Waals surface area contributed by atoms with E-state index in [9.17, 15) is 9.59 Å². The van der Waals surface area contributed by atoms with Crippen molar-refractivity contribution in [3.8, 4) is 11.5 Å². The molecule has 2 rings (SSSR count). The molecule has 8 heteroatoms. The molecule has 0 spiro atoms. The number of anilines is 1.